The lowest BCUT2D eigenvalue weighted by Gasteiger charge is -2.36. The molecule has 1 aromatic carbocycles. The zero-order valence-corrected chi connectivity index (χ0v) is 15.3. The van der Waals surface area contributed by atoms with Gasteiger partial charge in [-0.05, 0) is 55.7 Å². The van der Waals surface area contributed by atoms with Crippen molar-refractivity contribution in [3.8, 4) is 0 Å². The third-order valence-electron chi connectivity index (χ3n) is 4.34. The Kier molecular flexibility index (Phi) is 5.62. The van der Waals surface area contributed by atoms with Crippen molar-refractivity contribution in [1.29, 1.82) is 0 Å². The molecule has 5 nitrogen and oxygen atoms in total. The molecule has 1 aliphatic carbocycles. The molecule has 1 saturated carbocycles. The number of sulfonamides is 1. The van der Waals surface area contributed by atoms with Gasteiger partial charge in [-0.25, -0.2) is 8.42 Å². The quantitative estimate of drug-likeness (QED) is 0.767. The number of nitrogens with zero attached hydrogens (tertiary/aromatic N) is 1. The molecular weight excluding hydrogens is 382 g/mol. The molecule has 0 saturated heterocycles. The van der Waals surface area contributed by atoms with Gasteiger partial charge in [-0.3, -0.25) is 4.79 Å². The average molecular weight is 402 g/mol. The highest BCUT2D eigenvalue weighted by atomic mass is 79.9. The van der Waals surface area contributed by atoms with Gasteiger partial charge in [-0.15, -0.1) is 0 Å². The van der Waals surface area contributed by atoms with Gasteiger partial charge < -0.3 is 5.11 Å². The van der Waals surface area contributed by atoms with Crippen molar-refractivity contribution in [2.24, 2.45) is 15.7 Å². The minimum absolute atomic E-state index is 0.0275. The predicted octanol–water partition coefficient (Wildman–Crippen LogP) is 3.28. The Bertz CT molecular complexity index is 707. The van der Waals surface area contributed by atoms with Gasteiger partial charge in [0.1, 0.15) is 0 Å². The van der Waals surface area contributed by atoms with E-state index in [1.807, 2.05) is 24.3 Å². The largest absolute Gasteiger partial charge is 0.481 e. The van der Waals surface area contributed by atoms with Crippen LogP contribution in [0.2, 0.25) is 0 Å². The number of carboxylic acids is 1. The highest BCUT2D eigenvalue weighted by Crippen LogP contribution is 2.41. The first-order chi connectivity index (χ1) is 10.7. The predicted molar refractivity (Wildman–Crippen MR) is 93.2 cm³/mol. The fourth-order valence-corrected chi connectivity index (χ4v) is 3.88. The number of hydrogen-bond donors (Lipinski definition) is 1. The van der Waals surface area contributed by atoms with E-state index in [1.54, 1.807) is 0 Å². The Morgan fingerprint density at radius 3 is 2.61 bits per heavy atom. The van der Waals surface area contributed by atoms with E-state index in [0.29, 0.717) is 32.1 Å². The molecule has 23 heavy (non-hydrogen) atoms. The van der Waals surface area contributed by atoms with Crippen LogP contribution in [0.4, 0.5) is 0 Å². The van der Waals surface area contributed by atoms with E-state index in [1.165, 1.54) is 6.21 Å². The maximum Gasteiger partial charge on any atom is 0.309 e. The Hall–Kier alpha value is -1.21. The van der Waals surface area contributed by atoms with Crippen LogP contribution in [0, 0.1) is 11.3 Å². The standard InChI is InChI=1S/C16H20BrNO4S/c1-23(21,22)18-11-12-5-7-16(8-6-12,15(19)20)10-13-3-2-4-14(17)9-13/h2-4,9,11-12H,5-8,10H2,1H3,(H,19,20). The Morgan fingerprint density at radius 2 is 2.09 bits per heavy atom. The first-order valence-electron chi connectivity index (χ1n) is 7.43. The minimum Gasteiger partial charge on any atom is -0.481 e. The van der Waals surface area contributed by atoms with Crippen molar-refractivity contribution >= 4 is 38.1 Å². The topological polar surface area (TPSA) is 83.8 Å². The first kappa shape index (κ1) is 18.1. The molecular formula is C16H20BrNO4S. The number of halogens is 1. The average Bonchev–Trinajstić information content (AvgIpc) is 2.45. The van der Waals surface area contributed by atoms with E-state index in [4.69, 9.17) is 0 Å². The molecule has 0 heterocycles. The van der Waals surface area contributed by atoms with E-state index in [-0.39, 0.29) is 5.92 Å². The maximum absolute atomic E-state index is 11.8. The van der Waals surface area contributed by atoms with Gasteiger partial charge in [0.2, 0.25) is 10.0 Å². The van der Waals surface area contributed by atoms with Crippen molar-refractivity contribution in [3.05, 3.63) is 34.3 Å². The summed E-state index contributed by atoms with van der Waals surface area (Å²) in [5.41, 5.74) is 0.209. The number of carboxylic acid groups (broad SMARTS) is 1. The third kappa shape index (κ3) is 5.14. The molecule has 2 rings (SSSR count). The molecule has 7 heteroatoms. The fourth-order valence-electron chi connectivity index (χ4n) is 3.04. The number of hydrogen-bond acceptors (Lipinski definition) is 3. The molecule has 1 N–H and O–H groups in total. The summed E-state index contributed by atoms with van der Waals surface area (Å²) in [6.07, 6.45) is 5.32. The molecule has 1 aromatic rings. The molecule has 1 aliphatic rings. The van der Waals surface area contributed by atoms with Gasteiger partial charge in [-0.2, -0.15) is 4.40 Å². The number of carbonyl (C=O) groups is 1. The molecule has 0 spiro atoms. The lowest BCUT2D eigenvalue weighted by atomic mass is 9.67. The van der Waals surface area contributed by atoms with Crippen LogP contribution in [0.5, 0.6) is 0 Å². The molecule has 126 valence electrons. The summed E-state index contributed by atoms with van der Waals surface area (Å²) in [5, 5.41) is 9.72. The van der Waals surface area contributed by atoms with E-state index in [0.717, 1.165) is 16.3 Å². The second kappa shape index (κ2) is 7.13. The van der Waals surface area contributed by atoms with Crippen LogP contribution in [0.15, 0.2) is 33.1 Å². The van der Waals surface area contributed by atoms with Crippen molar-refractivity contribution in [2.45, 2.75) is 32.1 Å². The Morgan fingerprint density at radius 1 is 1.43 bits per heavy atom. The lowest BCUT2D eigenvalue weighted by molar-refractivity contribution is -0.151. The van der Waals surface area contributed by atoms with E-state index < -0.39 is 21.4 Å². The van der Waals surface area contributed by atoms with Crippen LogP contribution >= 0.6 is 15.9 Å². The van der Waals surface area contributed by atoms with Gasteiger partial charge >= 0.3 is 5.97 Å². The van der Waals surface area contributed by atoms with Gasteiger partial charge in [0, 0.05) is 10.7 Å². The van der Waals surface area contributed by atoms with E-state index >= 15 is 0 Å². The van der Waals surface area contributed by atoms with Crippen molar-refractivity contribution in [1.82, 2.24) is 0 Å². The molecule has 1 fully saturated rings. The molecule has 0 radical (unpaired) electrons. The zero-order valence-electron chi connectivity index (χ0n) is 12.9. The lowest BCUT2D eigenvalue weighted by Crippen LogP contribution is -2.37. The monoisotopic (exact) mass is 401 g/mol. The number of benzene rings is 1. The molecule has 0 atom stereocenters. The van der Waals surface area contributed by atoms with Gasteiger partial charge in [0.15, 0.2) is 0 Å². The third-order valence-corrected chi connectivity index (χ3v) is 5.33. The number of aliphatic carboxylic acids is 1. The van der Waals surface area contributed by atoms with Crippen molar-refractivity contribution in [3.63, 3.8) is 0 Å². The fraction of sp³-hybridized carbons (Fsp3) is 0.500. The van der Waals surface area contributed by atoms with E-state index in [2.05, 4.69) is 20.3 Å². The van der Waals surface area contributed by atoms with Crippen LogP contribution in [0.1, 0.15) is 31.2 Å². The van der Waals surface area contributed by atoms with Crippen LogP contribution < -0.4 is 0 Å². The second-order valence-electron chi connectivity index (χ2n) is 6.22. The molecule has 0 unspecified atom stereocenters. The molecule has 0 aromatic heterocycles. The summed E-state index contributed by atoms with van der Waals surface area (Å²) in [5.74, 6) is -0.754. The van der Waals surface area contributed by atoms with Gasteiger partial charge in [-0.1, -0.05) is 28.1 Å². The summed E-state index contributed by atoms with van der Waals surface area (Å²) in [6, 6.07) is 7.70. The Balaban J connectivity index is 2.10. The van der Waals surface area contributed by atoms with Gasteiger partial charge in [0.25, 0.3) is 0 Å². The normalized spacial score (nSPS) is 25.6. The van der Waals surface area contributed by atoms with Crippen LogP contribution in [-0.4, -0.2) is 32.0 Å². The minimum atomic E-state index is -3.37. The zero-order chi connectivity index (χ0) is 17.1. The van der Waals surface area contributed by atoms with Crippen LogP contribution in [0.3, 0.4) is 0 Å². The first-order valence-corrected chi connectivity index (χ1v) is 10.1. The van der Waals surface area contributed by atoms with Crippen LogP contribution in [-0.2, 0) is 21.2 Å². The molecule has 0 aliphatic heterocycles. The van der Waals surface area contributed by atoms with Gasteiger partial charge in [0.05, 0.1) is 11.7 Å². The SMILES string of the molecule is CS(=O)(=O)N=CC1CCC(Cc2cccc(Br)c2)(C(=O)O)CC1. The summed E-state index contributed by atoms with van der Waals surface area (Å²) in [7, 11) is -3.37. The Labute approximate surface area is 145 Å². The van der Waals surface area contributed by atoms with Crippen LogP contribution in [0.25, 0.3) is 0 Å². The highest BCUT2D eigenvalue weighted by molar-refractivity contribution is 9.10. The van der Waals surface area contributed by atoms with Crippen molar-refractivity contribution in [2.75, 3.05) is 6.26 Å². The second-order valence-corrected chi connectivity index (χ2v) is 8.81. The smallest absolute Gasteiger partial charge is 0.309 e. The highest BCUT2D eigenvalue weighted by Gasteiger charge is 2.41. The maximum atomic E-state index is 11.8. The summed E-state index contributed by atoms with van der Waals surface area (Å²) in [4.78, 5) is 11.8. The summed E-state index contributed by atoms with van der Waals surface area (Å²) in [6.45, 7) is 0. The summed E-state index contributed by atoms with van der Waals surface area (Å²) < 4.78 is 26.7. The molecule has 0 amide bonds. The number of rotatable bonds is 5. The van der Waals surface area contributed by atoms with Crippen molar-refractivity contribution < 1.29 is 18.3 Å². The molecule has 0 bridgehead atoms. The van der Waals surface area contributed by atoms with E-state index in [9.17, 15) is 18.3 Å². The summed E-state index contributed by atoms with van der Waals surface area (Å²) >= 11 is 3.41.